The SMILES string of the molecule is C/C=C\C(=O)Nc1ccc(Cl)c(C(F)(F)F)c1. The lowest BCUT2D eigenvalue weighted by Gasteiger charge is -2.11. The highest BCUT2D eigenvalue weighted by Crippen LogP contribution is 2.36. The average molecular weight is 264 g/mol. The summed E-state index contributed by atoms with van der Waals surface area (Å²) in [7, 11) is 0. The van der Waals surface area contributed by atoms with Crippen LogP contribution < -0.4 is 5.32 Å². The first-order valence-electron chi connectivity index (χ1n) is 4.65. The minimum absolute atomic E-state index is 0.0461. The molecule has 0 radical (unpaired) electrons. The quantitative estimate of drug-likeness (QED) is 0.806. The number of halogens is 4. The van der Waals surface area contributed by atoms with Crippen LogP contribution in [0.4, 0.5) is 18.9 Å². The topological polar surface area (TPSA) is 29.1 Å². The van der Waals surface area contributed by atoms with Crippen molar-refractivity contribution in [3.05, 3.63) is 40.9 Å². The molecule has 0 saturated heterocycles. The highest BCUT2D eigenvalue weighted by atomic mass is 35.5. The van der Waals surface area contributed by atoms with Crippen molar-refractivity contribution in [3.8, 4) is 0 Å². The minimum atomic E-state index is -4.54. The third kappa shape index (κ3) is 3.78. The van der Waals surface area contributed by atoms with Gasteiger partial charge in [0.25, 0.3) is 0 Å². The number of hydrogen-bond acceptors (Lipinski definition) is 1. The molecular formula is C11H9ClF3NO. The molecule has 0 bridgehead atoms. The fourth-order valence-corrected chi connectivity index (χ4v) is 1.38. The van der Waals surface area contributed by atoms with E-state index >= 15 is 0 Å². The van der Waals surface area contributed by atoms with Crippen molar-refractivity contribution in [2.24, 2.45) is 0 Å². The number of rotatable bonds is 2. The number of hydrogen-bond donors (Lipinski definition) is 1. The molecule has 1 amide bonds. The number of allylic oxidation sites excluding steroid dienone is 1. The van der Waals surface area contributed by atoms with Gasteiger partial charge in [0.15, 0.2) is 0 Å². The smallest absolute Gasteiger partial charge is 0.323 e. The van der Waals surface area contributed by atoms with Gasteiger partial charge in [0, 0.05) is 5.69 Å². The van der Waals surface area contributed by atoms with Crippen LogP contribution in [0.1, 0.15) is 12.5 Å². The van der Waals surface area contributed by atoms with Crippen LogP contribution >= 0.6 is 11.6 Å². The number of anilines is 1. The van der Waals surface area contributed by atoms with Crippen molar-refractivity contribution in [1.82, 2.24) is 0 Å². The van der Waals surface area contributed by atoms with E-state index in [1.807, 2.05) is 0 Å². The highest BCUT2D eigenvalue weighted by Gasteiger charge is 2.33. The summed E-state index contributed by atoms with van der Waals surface area (Å²) in [6, 6.07) is 3.19. The maximum absolute atomic E-state index is 12.5. The van der Waals surface area contributed by atoms with Crippen LogP contribution in [0.15, 0.2) is 30.4 Å². The molecule has 6 heteroatoms. The molecule has 0 atom stereocenters. The number of amides is 1. The maximum atomic E-state index is 12.5. The minimum Gasteiger partial charge on any atom is -0.323 e. The van der Waals surface area contributed by atoms with E-state index in [9.17, 15) is 18.0 Å². The first-order valence-corrected chi connectivity index (χ1v) is 5.03. The molecule has 0 heterocycles. The summed E-state index contributed by atoms with van der Waals surface area (Å²) in [5.74, 6) is -0.497. The Hall–Kier alpha value is -1.49. The molecule has 1 N–H and O–H groups in total. The standard InChI is InChI=1S/C11H9ClF3NO/c1-2-3-10(17)16-7-4-5-9(12)8(6-7)11(13,14)15/h2-6H,1H3,(H,16,17)/b3-2-. The Kier molecular flexibility index (Phi) is 4.17. The Morgan fingerprint density at radius 1 is 1.41 bits per heavy atom. The van der Waals surface area contributed by atoms with Gasteiger partial charge in [0.1, 0.15) is 0 Å². The Labute approximate surface area is 101 Å². The van der Waals surface area contributed by atoms with Crippen molar-refractivity contribution in [2.75, 3.05) is 5.32 Å². The Balaban J connectivity index is 3.01. The monoisotopic (exact) mass is 263 g/mol. The number of nitrogens with one attached hydrogen (secondary N) is 1. The molecule has 1 aromatic rings. The lowest BCUT2D eigenvalue weighted by molar-refractivity contribution is -0.137. The molecule has 0 aliphatic rings. The van der Waals surface area contributed by atoms with Crippen LogP contribution in [-0.4, -0.2) is 5.91 Å². The molecule has 0 aliphatic heterocycles. The van der Waals surface area contributed by atoms with E-state index in [1.165, 1.54) is 18.2 Å². The molecule has 2 nitrogen and oxygen atoms in total. The number of carbonyl (C=O) groups excluding carboxylic acids is 1. The molecule has 1 rings (SSSR count). The molecule has 1 aromatic carbocycles. The van der Waals surface area contributed by atoms with Crippen LogP contribution in [0.3, 0.4) is 0 Å². The average Bonchev–Trinajstić information content (AvgIpc) is 2.19. The second-order valence-corrected chi connectivity index (χ2v) is 3.59. The van der Waals surface area contributed by atoms with Gasteiger partial charge in [-0.3, -0.25) is 4.79 Å². The van der Waals surface area contributed by atoms with Crippen molar-refractivity contribution in [1.29, 1.82) is 0 Å². The molecule has 0 spiro atoms. The summed E-state index contributed by atoms with van der Waals surface area (Å²) in [6.07, 6.45) is -1.85. The molecule has 92 valence electrons. The molecule has 17 heavy (non-hydrogen) atoms. The van der Waals surface area contributed by atoms with Gasteiger partial charge in [0.2, 0.25) is 5.91 Å². The normalized spacial score (nSPS) is 11.8. The van der Waals surface area contributed by atoms with E-state index in [4.69, 9.17) is 11.6 Å². The zero-order chi connectivity index (χ0) is 13.1. The number of benzene rings is 1. The van der Waals surface area contributed by atoms with E-state index in [1.54, 1.807) is 6.92 Å². The zero-order valence-corrected chi connectivity index (χ0v) is 9.56. The fourth-order valence-electron chi connectivity index (χ4n) is 1.16. The summed E-state index contributed by atoms with van der Waals surface area (Å²) < 4.78 is 37.5. The second-order valence-electron chi connectivity index (χ2n) is 3.18. The molecule has 0 saturated carbocycles. The Morgan fingerprint density at radius 3 is 2.59 bits per heavy atom. The van der Waals surface area contributed by atoms with Crippen molar-refractivity contribution >= 4 is 23.2 Å². The van der Waals surface area contributed by atoms with Gasteiger partial charge < -0.3 is 5.32 Å². The molecule has 0 fully saturated rings. The Morgan fingerprint density at radius 2 is 2.06 bits per heavy atom. The summed E-state index contributed by atoms with van der Waals surface area (Å²) in [5.41, 5.74) is -0.928. The summed E-state index contributed by atoms with van der Waals surface area (Å²) >= 11 is 5.43. The summed E-state index contributed by atoms with van der Waals surface area (Å²) in [4.78, 5) is 11.1. The first-order chi connectivity index (χ1) is 7.84. The number of alkyl halides is 3. The van der Waals surface area contributed by atoms with E-state index in [-0.39, 0.29) is 5.69 Å². The van der Waals surface area contributed by atoms with Gasteiger partial charge in [-0.05, 0) is 31.2 Å². The van der Waals surface area contributed by atoms with Crippen LogP contribution in [0.5, 0.6) is 0 Å². The van der Waals surface area contributed by atoms with Crippen LogP contribution in [-0.2, 0) is 11.0 Å². The van der Waals surface area contributed by atoms with E-state index in [0.29, 0.717) is 0 Å². The lowest BCUT2D eigenvalue weighted by atomic mass is 10.2. The third-order valence-corrected chi connectivity index (χ3v) is 2.19. The third-order valence-electron chi connectivity index (χ3n) is 1.86. The van der Waals surface area contributed by atoms with Gasteiger partial charge in [-0.1, -0.05) is 17.7 Å². The Bertz CT molecular complexity index is 455. The zero-order valence-electron chi connectivity index (χ0n) is 8.81. The molecule has 0 aliphatic carbocycles. The fraction of sp³-hybridized carbons (Fsp3) is 0.182. The van der Waals surface area contributed by atoms with E-state index < -0.39 is 22.7 Å². The van der Waals surface area contributed by atoms with Crippen molar-refractivity contribution in [2.45, 2.75) is 13.1 Å². The lowest BCUT2D eigenvalue weighted by Crippen LogP contribution is -2.10. The molecule has 0 aromatic heterocycles. The van der Waals surface area contributed by atoms with Gasteiger partial charge in [0.05, 0.1) is 10.6 Å². The second kappa shape index (κ2) is 5.23. The van der Waals surface area contributed by atoms with Crippen molar-refractivity contribution in [3.63, 3.8) is 0 Å². The number of carbonyl (C=O) groups is 1. The predicted octanol–water partition coefficient (Wildman–Crippen LogP) is 3.87. The van der Waals surface area contributed by atoms with Crippen LogP contribution in [0, 0.1) is 0 Å². The molecule has 0 unspecified atom stereocenters. The van der Waals surface area contributed by atoms with Crippen molar-refractivity contribution < 1.29 is 18.0 Å². The predicted molar refractivity (Wildman–Crippen MR) is 59.9 cm³/mol. The summed E-state index contributed by atoms with van der Waals surface area (Å²) in [5, 5.41) is 1.90. The van der Waals surface area contributed by atoms with Gasteiger partial charge in [-0.25, -0.2) is 0 Å². The van der Waals surface area contributed by atoms with Gasteiger partial charge in [-0.15, -0.1) is 0 Å². The van der Waals surface area contributed by atoms with Crippen LogP contribution in [0.25, 0.3) is 0 Å². The molecular weight excluding hydrogens is 255 g/mol. The van der Waals surface area contributed by atoms with Crippen LogP contribution in [0.2, 0.25) is 5.02 Å². The largest absolute Gasteiger partial charge is 0.417 e. The van der Waals surface area contributed by atoms with Gasteiger partial charge in [-0.2, -0.15) is 13.2 Å². The first kappa shape index (κ1) is 13.6. The summed E-state index contributed by atoms with van der Waals surface area (Å²) in [6.45, 7) is 1.63. The van der Waals surface area contributed by atoms with Gasteiger partial charge >= 0.3 is 6.18 Å². The highest BCUT2D eigenvalue weighted by molar-refractivity contribution is 6.31. The van der Waals surface area contributed by atoms with E-state index in [0.717, 1.165) is 12.1 Å². The van der Waals surface area contributed by atoms with E-state index in [2.05, 4.69) is 5.32 Å². The maximum Gasteiger partial charge on any atom is 0.417 e.